The van der Waals surface area contributed by atoms with E-state index in [4.69, 9.17) is 4.74 Å². The lowest BCUT2D eigenvalue weighted by Gasteiger charge is -2.23. The fourth-order valence-electron chi connectivity index (χ4n) is 6.60. The average Bonchev–Trinajstić information content (AvgIpc) is 3.22. The summed E-state index contributed by atoms with van der Waals surface area (Å²) in [7, 11) is 0. The first-order chi connectivity index (χ1) is 28.5. The van der Waals surface area contributed by atoms with Gasteiger partial charge in [0.25, 0.3) is 0 Å². The summed E-state index contributed by atoms with van der Waals surface area (Å²) in [6.45, 7) is 6.28. The molecule has 0 aliphatic carbocycles. The number of nitrogens with one attached hydrogen (secondary N) is 1. The van der Waals surface area contributed by atoms with Crippen molar-refractivity contribution in [1.29, 1.82) is 0 Å². The van der Waals surface area contributed by atoms with E-state index in [1.165, 1.54) is 77.0 Å². The van der Waals surface area contributed by atoms with Crippen molar-refractivity contribution in [2.75, 3.05) is 6.61 Å². The molecule has 332 valence electrons. The van der Waals surface area contributed by atoms with E-state index in [-0.39, 0.29) is 24.9 Å². The first kappa shape index (κ1) is 55.0. The van der Waals surface area contributed by atoms with Crippen LogP contribution < -0.4 is 5.32 Å². The van der Waals surface area contributed by atoms with E-state index in [2.05, 4.69) is 99.0 Å². The summed E-state index contributed by atoms with van der Waals surface area (Å²) in [6, 6.07) is -0.741. The highest BCUT2D eigenvalue weighted by atomic mass is 16.5. The number of aliphatic hydroxyl groups is 2. The van der Waals surface area contributed by atoms with E-state index < -0.39 is 18.2 Å². The SMILES string of the molecule is CC/C=C\C/C=C\C/C=C\C/C=C\C/C=C\CCCCCC(=O)OC(/C=C/C/C=C\CCCCCCCC)CC(=O)NC(CO)C(O)CCCCCCCCCCC. The monoisotopic (exact) mass is 808 g/mol. The van der Waals surface area contributed by atoms with E-state index in [1.807, 2.05) is 6.08 Å². The van der Waals surface area contributed by atoms with Gasteiger partial charge in [0.1, 0.15) is 6.10 Å². The lowest BCUT2D eigenvalue weighted by atomic mass is 10.0. The Bertz CT molecular complexity index is 1130. The molecule has 0 aliphatic heterocycles. The number of hydrogen-bond donors (Lipinski definition) is 3. The van der Waals surface area contributed by atoms with Crippen molar-refractivity contribution < 1.29 is 24.5 Å². The van der Waals surface area contributed by atoms with Crippen molar-refractivity contribution in [3.63, 3.8) is 0 Å². The molecule has 0 aromatic heterocycles. The highest BCUT2D eigenvalue weighted by Gasteiger charge is 2.23. The van der Waals surface area contributed by atoms with Crippen LogP contribution in [-0.4, -0.2) is 46.9 Å². The largest absolute Gasteiger partial charge is 0.458 e. The molecule has 3 unspecified atom stereocenters. The number of hydrogen-bond acceptors (Lipinski definition) is 5. The molecule has 6 heteroatoms. The Morgan fingerprint density at radius 1 is 0.534 bits per heavy atom. The Balaban J connectivity index is 4.69. The van der Waals surface area contributed by atoms with Gasteiger partial charge in [0.2, 0.25) is 5.91 Å². The van der Waals surface area contributed by atoms with Gasteiger partial charge in [-0.15, -0.1) is 0 Å². The molecule has 0 aliphatic rings. The molecule has 0 saturated carbocycles. The quantitative estimate of drug-likeness (QED) is 0.0325. The summed E-state index contributed by atoms with van der Waals surface area (Å²) >= 11 is 0. The van der Waals surface area contributed by atoms with E-state index >= 15 is 0 Å². The fourth-order valence-corrected chi connectivity index (χ4v) is 6.60. The second-order valence-electron chi connectivity index (χ2n) is 15.8. The summed E-state index contributed by atoms with van der Waals surface area (Å²) < 4.78 is 5.79. The topological polar surface area (TPSA) is 95.9 Å². The Labute approximate surface area is 357 Å². The second kappa shape index (κ2) is 45.1. The highest BCUT2D eigenvalue weighted by Crippen LogP contribution is 2.14. The van der Waals surface area contributed by atoms with Crippen molar-refractivity contribution in [2.24, 2.45) is 0 Å². The van der Waals surface area contributed by atoms with Gasteiger partial charge in [0, 0.05) is 6.42 Å². The van der Waals surface area contributed by atoms with Gasteiger partial charge in [-0.05, 0) is 83.1 Å². The minimum absolute atomic E-state index is 0.0466. The third-order valence-corrected chi connectivity index (χ3v) is 10.2. The molecule has 0 aromatic carbocycles. The van der Waals surface area contributed by atoms with E-state index in [0.29, 0.717) is 19.3 Å². The van der Waals surface area contributed by atoms with Gasteiger partial charge in [-0.1, -0.05) is 196 Å². The van der Waals surface area contributed by atoms with Crippen LogP contribution in [0.2, 0.25) is 0 Å². The minimum atomic E-state index is -0.818. The fraction of sp³-hybridized carbons (Fsp3) is 0.692. The molecule has 0 fully saturated rings. The van der Waals surface area contributed by atoms with Gasteiger partial charge in [0.15, 0.2) is 0 Å². The second-order valence-corrected chi connectivity index (χ2v) is 15.8. The minimum Gasteiger partial charge on any atom is -0.458 e. The Morgan fingerprint density at radius 3 is 1.47 bits per heavy atom. The number of unbranched alkanes of at least 4 members (excludes halogenated alkanes) is 17. The van der Waals surface area contributed by atoms with Gasteiger partial charge < -0.3 is 20.3 Å². The maximum Gasteiger partial charge on any atom is 0.306 e. The molecule has 3 N–H and O–H groups in total. The summed E-state index contributed by atoms with van der Waals surface area (Å²) in [5, 5.41) is 23.5. The van der Waals surface area contributed by atoms with Gasteiger partial charge in [-0.25, -0.2) is 0 Å². The number of rotatable bonds is 41. The summed E-state index contributed by atoms with van der Waals surface area (Å²) in [5.74, 6) is -0.650. The highest BCUT2D eigenvalue weighted by molar-refractivity contribution is 5.78. The Kier molecular flexibility index (Phi) is 42.8. The van der Waals surface area contributed by atoms with Crippen molar-refractivity contribution >= 4 is 11.9 Å². The lowest BCUT2D eigenvalue weighted by molar-refractivity contribution is -0.148. The number of carbonyl (C=O) groups excluding carboxylic acids is 2. The molecule has 3 atom stereocenters. The predicted octanol–water partition coefficient (Wildman–Crippen LogP) is 14.0. The van der Waals surface area contributed by atoms with Crippen LogP contribution in [0.25, 0.3) is 0 Å². The van der Waals surface area contributed by atoms with Crippen molar-refractivity contribution in [3.05, 3.63) is 85.1 Å². The molecule has 0 aromatic rings. The van der Waals surface area contributed by atoms with Crippen LogP contribution in [0.1, 0.15) is 207 Å². The number of carbonyl (C=O) groups is 2. The molecule has 0 heterocycles. The first-order valence-electron chi connectivity index (χ1n) is 23.8. The van der Waals surface area contributed by atoms with Crippen LogP contribution in [0.15, 0.2) is 85.1 Å². The van der Waals surface area contributed by atoms with Crippen LogP contribution in [-0.2, 0) is 14.3 Å². The van der Waals surface area contributed by atoms with Crippen LogP contribution in [0, 0.1) is 0 Å². The summed E-state index contributed by atoms with van der Waals surface area (Å²) in [5.41, 5.74) is 0. The molecule has 1 amide bonds. The zero-order valence-corrected chi connectivity index (χ0v) is 37.6. The molecule has 0 rings (SSSR count). The van der Waals surface area contributed by atoms with Crippen LogP contribution in [0.5, 0.6) is 0 Å². The normalized spacial score (nSPS) is 14.1. The molecule has 6 nitrogen and oxygen atoms in total. The van der Waals surface area contributed by atoms with E-state index in [1.54, 1.807) is 6.08 Å². The zero-order chi connectivity index (χ0) is 42.4. The number of aliphatic hydroxyl groups excluding tert-OH is 2. The van der Waals surface area contributed by atoms with E-state index in [0.717, 1.165) is 83.5 Å². The van der Waals surface area contributed by atoms with Crippen LogP contribution in [0.3, 0.4) is 0 Å². The molecular weight excluding hydrogens is 719 g/mol. The van der Waals surface area contributed by atoms with Crippen molar-refractivity contribution in [2.45, 2.75) is 225 Å². The standard InChI is InChI=1S/C52H89NO5/c1-4-7-10-13-16-19-21-22-23-24-25-26-27-28-30-33-36-39-42-45-52(57)58-48(43-40-37-34-32-29-20-17-14-11-8-5-2)46-51(56)53-49(47-54)50(55)44-41-38-35-31-18-15-12-9-6-3/h7,10,16,19,22-23,25-26,28,30,32,34,40,43,48-50,54-55H,4-6,8-9,11-15,17-18,20-21,24,27,29,31,33,35-39,41-42,44-47H2,1-3H3,(H,53,56)/b10-7-,19-16-,23-22-,26-25-,30-28-,34-32-,43-40+. The molecular formula is C52H89NO5. The maximum atomic E-state index is 13.1. The maximum absolute atomic E-state index is 13.1. The number of esters is 1. The smallest absolute Gasteiger partial charge is 0.306 e. The number of amides is 1. The molecule has 0 radical (unpaired) electrons. The van der Waals surface area contributed by atoms with Crippen LogP contribution >= 0.6 is 0 Å². The Morgan fingerprint density at radius 2 is 0.966 bits per heavy atom. The average molecular weight is 808 g/mol. The van der Waals surface area contributed by atoms with Crippen molar-refractivity contribution in [1.82, 2.24) is 5.32 Å². The summed E-state index contributed by atoms with van der Waals surface area (Å²) in [4.78, 5) is 25.9. The number of ether oxygens (including phenoxy) is 1. The molecule has 0 spiro atoms. The van der Waals surface area contributed by atoms with Gasteiger partial charge >= 0.3 is 5.97 Å². The van der Waals surface area contributed by atoms with E-state index in [9.17, 15) is 19.8 Å². The summed E-state index contributed by atoms with van der Waals surface area (Å²) in [6.07, 6.45) is 58.2. The predicted molar refractivity (Wildman–Crippen MR) is 250 cm³/mol. The van der Waals surface area contributed by atoms with Gasteiger partial charge in [-0.3, -0.25) is 9.59 Å². The van der Waals surface area contributed by atoms with Gasteiger partial charge in [-0.2, -0.15) is 0 Å². The first-order valence-corrected chi connectivity index (χ1v) is 23.8. The zero-order valence-electron chi connectivity index (χ0n) is 37.6. The molecule has 0 saturated heterocycles. The molecule has 0 bridgehead atoms. The Hall–Kier alpha value is -2.96. The van der Waals surface area contributed by atoms with Gasteiger partial charge in [0.05, 0.1) is 25.2 Å². The van der Waals surface area contributed by atoms with Crippen molar-refractivity contribution in [3.8, 4) is 0 Å². The number of allylic oxidation sites excluding steroid dienone is 13. The third kappa shape index (κ3) is 39.8. The lowest BCUT2D eigenvalue weighted by Crippen LogP contribution is -2.46. The van der Waals surface area contributed by atoms with Crippen LogP contribution in [0.4, 0.5) is 0 Å². The third-order valence-electron chi connectivity index (χ3n) is 10.2. The molecule has 58 heavy (non-hydrogen) atoms.